The first-order valence-electron chi connectivity index (χ1n) is 5.79. The number of sulfonamides is 1. The highest BCUT2D eigenvalue weighted by atomic mass is 35.5. The van der Waals surface area contributed by atoms with Gasteiger partial charge in [-0.2, -0.15) is 4.31 Å². The van der Waals surface area contributed by atoms with E-state index in [9.17, 15) is 8.42 Å². The van der Waals surface area contributed by atoms with Crippen LogP contribution in [0.2, 0.25) is 5.02 Å². The molecule has 17 heavy (non-hydrogen) atoms. The molecular formula is C12H16ClNO2S. The third-order valence-corrected chi connectivity index (χ3v) is 5.60. The molecular weight excluding hydrogens is 258 g/mol. The molecule has 0 atom stereocenters. The van der Waals surface area contributed by atoms with Gasteiger partial charge >= 0.3 is 0 Å². The molecule has 1 aromatic carbocycles. The molecule has 1 aliphatic heterocycles. The number of nitrogens with zero attached hydrogens (tertiary/aromatic N) is 1. The summed E-state index contributed by atoms with van der Waals surface area (Å²) in [5.74, 6) is 0. The van der Waals surface area contributed by atoms with Gasteiger partial charge in [-0.05, 0) is 37.5 Å². The number of piperidine rings is 1. The molecule has 5 heteroatoms. The van der Waals surface area contributed by atoms with Crippen molar-refractivity contribution in [2.75, 3.05) is 13.1 Å². The largest absolute Gasteiger partial charge is 0.243 e. The maximum atomic E-state index is 12.4. The summed E-state index contributed by atoms with van der Waals surface area (Å²) in [5, 5.41) is 0.503. The number of hydrogen-bond donors (Lipinski definition) is 0. The van der Waals surface area contributed by atoms with Crippen molar-refractivity contribution in [3.8, 4) is 0 Å². The van der Waals surface area contributed by atoms with Gasteiger partial charge in [-0.3, -0.25) is 0 Å². The van der Waals surface area contributed by atoms with Gasteiger partial charge in [0.25, 0.3) is 0 Å². The Bertz CT molecular complexity index is 507. The predicted molar refractivity (Wildman–Crippen MR) is 68.8 cm³/mol. The van der Waals surface area contributed by atoms with Crippen LogP contribution in [0.1, 0.15) is 24.8 Å². The minimum Gasteiger partial charge on any atom is -0.207 e. The third-order valence-electron chi connectivity index (χ3n) is 3.15. The van der Waals surface area contributed by atoms with Crippen LogP contribution in [-0.2, 0) is 10.0 Å². The van der Waals surface area contributed by atoms with Gasteiger partial charge in [-0.15, -0.1) is 0 Å². The van der Waals surface area contributed by atoms with E-state index in [0.29, 0.717) is 28.6 Å². The SMILES string of the molecule is Cc1c(Cl)cccc1S(=O)(=O)N1CCCCC1. The minimum atomic E-state index is -3.37. The topological polar surface area (TPSA) is 37.4 Å². The molecule has 1 heterocycles. The van der Waals surface area contributed by atoms with Gasteiger partial charge < -0.3 is 0 Å². The average molecular weight is 274 g/mol. The lowest BCUT2D eigenvalue weighted by atomic mass is 10.2. The van der Waals surface area contributed by atoms with Crippen LogP contribution < -0.4 is 0 Å². The van der Waals surface area contributed by atoms with E-state index in [1.54, 1.807) is 29.4 Å². The van der Waals surface area contributed by atoms with Crippen molar-refractivity contribution in [1.82, 2.24) is 4.31 Å². The highest BCUT2D eigenvalue weighted by Gasteiger charge is 2.27. The summed E-state index contributed by atoms with van der Waals surface area (Å²) >= 11 is 5.98. The van der Waals surface area contributed by atoms with Gasteiger partial charge in [0.05, 0.1) is 4.90 Å². The lowest BCUT2D eigenvalue weighted by molar-refractivity contribution is 0.346. The van der Waals surface area contributed by atoms with Crippen LogP contribution in [-0.4, -0.2) is 25.8 Å². The van der Waals surface area contributed by atoms with Crippen LogP contribution in [0.5, 0.6) is 0 Å². The summed E-state index contributed by atoms with van der Waals surface area (Å²) in [5.41, 5.74) is 0.639. The molecule has 2 rings (SSSR count). The van der Waals surface area contributed by atoms with Gasteiger partial charge in [-0.1, -0.05) is 24.1 Å². The molecule has 0 bridgehead atoms. The summed E-state index contributed by atoms with van der Waals surface area (Å²) in [7, 11) is -3.37. The molecule has 0 aromatic heterocycles. The van der Waals surface area contributed by atoms with E-state index in [1.165, 1.54) is 0 Å². The van der Waals surface area contributed by atoms with Crippen molar-refractivity contribution >= 4 is 21.6 Å². The zero-order valence-electron chi connectivity index (χ0n) is 9.82. The van der Waals surface area contributed by atoms with E-state index in [0.717, 1.165) is 19.3 Å². The van der Waals surface area contributed by atoms with Crippen LogP contribution in [0.15, 0.2) is 23.1 Å². The van der Waals surface area contributed by atoms with Gasteiger partial charge in [0, 0.05) is 18.1 Å². The second-order valence-electron chi connectivity index (χ2n) is 4.33. The molecule has 3 nitrogen and oxygen atoms in total. The molecule has 0 aliphatic carbocycles. The first-order valence-corrected chi connectivity index (χ1v) is 7.60. The predicted octanol–water partition coefficient (Wildman–Crippen LogP) is 2.82. The number of hydrogen-bond acceptors (Lipinski definition) is 2. The van der Waals surface area contributed by atoms with Crippen molar-refractivity contribution in [2.24, 2.45) is 0 Å². The first-order chi connectivity index (χ1) is 8.03. The molecule has 1 aliphatic rings. The highest BCUT2D eigenvalue weighted by Crippen LogP contribution is 2.27. The van der Waals surface area contributed by atoms with Crippen molar-refractivity contribution < 1.29 is 8.42 Å². The molecule has 0 N–H and O–H groups in total. The summed E-state index contributed by atoms with van der Waals surface area (Å²) in [6, 6.07) is 5.03. The maximum Gasteiger partial charge on any atom is 0.243 e. The molecule has 0 saturated carbocycles. The highest BCUT2D eigenvalue weighted by molar-refractivity contribution is 7.89. The Morgan fingerprint density at radius 2 is 1.82 bits per heavy atom. The third kappa shape index (κ3) is 2.49. The van der Waals surface area contributed by atoms with Gasteiger partial charge in [0.2, 0.25) is 10.0 Å². The fourth-order valence-corrected chi connectivity index (χ4v) is 4.11. The van der Waals surface area contributed by atoms with E-state index < -0.39 is 10.0 Å². The second-order valence-corrected chi connectivity index (χ2v) is 6.64. The molecule has 0 amide bonds. The van der Waals surface area contributed by atoms with Gasteiger partial charge in [0.1, 0.15) is 0 Å². The van der Waals surface area contributed by atoms with Crippen LogP contribution in [0.3, 0.4) is 0 Å². The summed E-state index contributed by atoms with van der Waals surface area (Å²) in [4.78, 5) is 0.340. The second kappa shape index (κ2) is 4.96. The first kappa shape index (κ1) is 12.9. The van der Waals surface area contributed by atoms with Crippen molar-refractivity contribution in [3.63, 3.8) is 0 Å². The molecule has 1 aromatic rings. The number of rotatable bonds is 2. The molecule has 94 valence electrons. The number of benzene rings is 1. The lowest BCUT2D eigenvalue weighted by Crippen LogP contribution is -2.35. The van der Waals surface area contributed by atoms with Crippen LogP contribution in [0, 0.1) is 6.92 Å². The Morgan fingerprint density at radius 3 is 2.47 bits per heavy atom. The Hall–Kier alpha value is -0.580. The molecule has 0 spiro atoms. The zero-order chi connectivity index (χ0) is 12.5. The molecule has 0 unspecified atom stereocenters. The Balaban J connectivity index is 2.40. The summed E-state index contributed by atoms with van der Waals surface area (Å²) < 4.78 is 26.4. The standard InChI is InChI=1S/C12H16ClNO2S/c1-10-11(13)6-5-7-12(10)17(15,16)14-8-3-2-4-9-14/h5-7H,2-4,8-9H2,1H3. The monoisotopic (exact) mass is 273 g/mol. The lowest BCUT2D eigenvalue weighted by Gasteiger charge is -2.26. The Morgan fingerprint density at radius 1 is 1.18 bits per heavy atom. The van der Waals surface area contributed by atoms with Crippen molar-refractivity contribution in [1.29, 1.82) is 0 Å². The summed E-state index contributed by atoms with van der Waals surface area (Å²) in [6.07, 6.45) is 3.00. The maximum absolute atomic E-state index is 12.4. The van der Waals surface area contributed by atoms with Crippen molar-refractivity contribution in [2.45, 2.75) is 31.1 Å². The van der Waals surface area contributed by atoms with E-state index >= 15 is 0 Å². The Kier molecular flexibility index (Phi) is 3.76. The van der Waals surface area contributed by atoms with Crippen molar-refractivity contribution in [3.05, 3.63) is 28.8 Å². The molecule has 1 fully saturated rings. The van der Waals surface area contributed by atoms with E-state index in [4.69, 9.17) is 11.6 Å². The smallest absolute Gasteiger partial charge is 0.207 e. The van der Waals surface area contributed by atoms with E-state index in [2.05, 4.69) is 0 Å². The quantitative estimate of drug-likeness (QED) is 0.831. The van der Waals surface area contributed by atoms with E-state index in [1.807, 2.05) is 0 Å². The van der Waals surface area contributed by atoms with Gasteiger partial charge in [-0.25, -0.2) is 8.42 Å². The normalized spacial score (nSPS) is 18.2. The average Bonchev–Trinajstić information content (AvgIpc) is 2.33. The molecule has 0 radical (unpaired) electrons. The van der Waals surface area contributed by atoms with Crippen LogP contribution >= 0.6 is 11.6 Å². The van der Waals surface area contributed by atoms with Gasteiger partial charge in [0.15, 0.2) is 0 Å². The summed E-state index contributed by atoms with van der Waals surface area (Å²) in [6.45, 7) is 2.99. The fourth-order valence-electron chi connectivity index (χ4n) is 2.11. The minimum absolute atomic E-state index is 0.340. The van der Waals surface area contributed by atoms with Crippen LogP contribution in [0.25, 0.3) is 0 Å². The van der Waals surface area contributed by atoms with E-state index in [-0.39, 0.29) is 0 Å². The fraction of sp³-hybridized carbons (Fsp3) is 0.500. The van der Waals surface area contributed by atoms with Crippen LogP contribution in [0.4, 0.5) is 0 Å². The number of halogens is 1. The Labute approximate surface area is 107 Å². The molecule has 1 saturated heterocycles. The zero-order valence-corrected chi connectivity index (χ0v) is 11.4.